The van der Waals surface area contributed by atoms with Crippen LogP contribution in [0.15, 0.2) is 53.2 Å². The van der Waals surface area contributed by atoms with E-state index in [9.17, 15) is 0 Å². The maximum Gasteiger partial charge on any atom is 0.134 e. The van der Waals surface area contributed by atoms with Crippen molar-refractivity contribution in [3.63, 3.8) is 0 Å². The standard InChI is InChI=1S/C13H12N4O/c14-17-13(10-5-6-15-16-8-10)12-7-9-3-1-2-4-11(9)18-12/h1-8,13,17H,14H2. The van der Waals surface area contributed by atoms with Crippen molar-refractivity contribution in [1.82, 2.24) is 15.6 Å². The molecule has 3 aromatic rings. The van der Waals surface area contributed by atoms with Crippen molar-refractivity contribution >= 4 is 11.0 Å². The molecule has 1 atom stereocenters. The third-order valence-electron chi connectivity index (χ3n) is 2.84. The first-order chi connectivity index (χ1) is 8.88. The lowest BCUT2D eigenvalue weighted by atomic mass is 10.1. The first kappa shape index (κ1) is 10.9. The molecule has 1 unspecified atom stereocenters. The van der Waals surface area contributed by atoms with Crippen molar-refractivity contribution in [3.8, 4) is 0 Å². The summed E-state index contributed by atoms with van der Waals surface area (Å²) in [5.41, 5.74) is 4.49. The SMILES string of the molecule is NNC(c1ccnnc1)c1cc2ccccc2o1. The average molecular weight is 240 g/mol. The number of nitrogens with one attached hydrogen (secondary N) is 1. The van der Waals surface area contributed by atoms with Gasteiger partial charge in [0, 0.05) is 11.6 Å². The van der Waals surface area contributed by atoms with Gasteiger partial charge in [-0.2, -0.15) is 10.2 Å². The van der Waals surface area contributed by atoms with Gasteiger partial charge in [-0.15, -0.1) is 0 Å². The molecule has 5 nitrogen and oxygen atoms in total. The van der Waals surface area contributed by atoms with Crippen LogP contribution < -0.4 is 11.3 Å². The van der Waals surface area contributed by atoms with Gasteiger partial charge < -0.3 is 4.42 Å². The fourth-order valence-corrected chi connectivity index (χ4v) is 1.96. The zero-order valence-corrected chi connectivity index (χ0v) is 9.58. The van der Waals surface area contributed by atoms with E-state index in [-0.39, 0.29) is 6.04 Å². The van der Waals surface area contributed by atoms with Crippen LogP contribution in [0.1, 0.15) is 17.4 Å². The van der Waals surface area contributed by atoms with Crippen molar-refractivity contribution in [3.05, 3.63) is 60.1 Å². The number of para-hydroxylation sites is 1. The van der Waals surface area contributed by atoms with E-state index < -0.39 is 0 Å². The fraction of sp³-hybridized carbons (Fsp3) is 0.0769. The molecule has 2 aromatic heterocycles. The lowest BCUT2D eigenvalue weighted by molar-refractivity contribution is 0.476. The summed E-state index contributed by atoms with van der Waals surface area (Å²) in [6.07, 6.45) is 3.29. The number of rotatable bonds is 3. The van der Waals surface area contributed by atoms with E-state index in [1.54, 1.807) is 12.4 Å². The Hall–Kier alpha value is -2.24. The lowest BCUT2D eigenvalue weighted by Gasteiger charge is -2.12. The van der Waals surface area contributed by atoms with Crippen LogP contribution in [0.2, 0.25) is 0 Å². The molecule has 2 heterocycles. The molecule has 18 heavy (non-hydrogen) atoms. The highest BCUT2D eigenvalue weighted by Crippen LogP contribution is 2.27. The largest absolute Gasteiger partial charge is 0.459 e. The Bertz CT molecular complexity index is 617. The fourth-order valence-electron chi connectivity index (χ4n) is 1.96. The van der Waals surface area contributed by atoms with E-state index in [1.807, 2.05) is 36.4 Å². The summed E-state index contributed by atoms with van der Waals surface area (Å²) < 4.78 is 5.78. The monoisotopic (exact) mass is 240 g/mol. The third kappa shape index (κ3) is 1.85. The Morgan fingerprint density at radius 2 is 2.06 bits per heavy atom. The second-order valence-corrected chi connectivity index (χ2v) is 3.96. The minimum Gasteiger partial charge on any atom is -0.459 e. The van der Waals surface area contributed by atoms with Crippen LogP contribution in [0.5, 0.6) is 0 Å². The van der Waals surface area contributed by atoms with Crippen LogP contribution in [-0.2, 0) is 0 Å². The van der Waals surface area contributed by atoms with Gasteiger partial charge in [-0.05, 0) is 23.8 Å². The molecule has 5 heteroatoms. The van der Waals surface area contributed by atoms with Gasteiger partial charge in [0.05, 0.1) is 6.20 Å². The number of hydrogen-bond donors (Lipinski definition) is 2. The van der Waals surface area contributed by atoms with E-state index in [0.29, 0.717) is 0 Å². The molecule has 0 spiro atoms. The summed E-state index contributed by atoms with van der Waals surface area (Å²) in [6, 6.07) is 11.4. The molecule has 0 aliphatic heterocycles. The van der Waals surface area contributed by atoms with Crippen molar-refractivity contribution in [2.75, 3.05) is 0 Å². The molecule has 1 aromatic carbocycles. The Balaban J connectivity index is 2.06. The molecule has 0 radical (unpaired) electrons. The number of aromatic nitrogens is 2. The second kappa shape index (κ2) is 4.56. The van der Waals surface area contributed by atoms with Crippen LogP contribution in [0, 0.1) is 0 Å². The molecule has 0 aliphatic carbocycles. The zero-order valence-electron chi connectivity index (χ0n) is 9.58. The molecule has 0 amide bonds. The molecule has 0 bridgehead atoms. The Kier molecular flexibility index (Phi) is 2.76. The smallest absolute Gasteiger partial charge is 0.134 e. The molecule has 90 valence electrons. The maximum atomic E-state index is 5.78. The van der Waals surface area contributed by atoms with Crippen molar-refractivity contribution in [2.45, 2.75) is 6.04 Å². The van der Waals surface area contributed by atoms with Gasteiger partial charge in [-0.1, -0.05) is 18.2 Å². The Morgan fingerprint density at radius 3 is 2.78 bits per heavy atom. The van der Waals surface area contributed by atoms with Gasteiger partial charge in [0.15, 0.2) is 0 Å². The second-order valence-electron chi connectivity index (χ2n) is 3.96. The number of benzene rings is 1. The molecule has 3 N–H and O–H groups in total. The number of nitrogens with zero attached hydrogens (tertiary/aromatic N) is 2. The number of nitrogens with two attached hydrogens (primary N) is 1. The Labute approximate surface area is 104 Å². The molecular weight excluding hydrogens is 228 g/mol. The van der Waals surface area contributed by atoms with Crippen LogP contribution in [-0.4, -0.2) is 10.2 Å². The summed E-state index contributed by atoms with van der Waals surface area (Å²) in [6.45, 7) is 0. The normalized spacial score (nSPS) is 12.7. The molecule has 3 rings (SSSR count). The van der Waals surface area contributed by atoms with Crippen LogP contribution >= 0.6 is 0 Å². The van der Waals surface area contributed by atoms with Gasteiger partial charge in [-0.3, -0.25) is 5.84 Å². The third-order valence-corrected chi connectivity index (χ3v) is 2.84. The van der Waals surface area contributed by atoms with Crippen molar-refractivity contribution in [1.29, 1.82) is 0 Å². The minimum absolute atomic E-state index is 0.229. The highest BCUT2D eigenvalue weighted by atomic mass is 16.3. The van der Waals surface area contributed by atoms with Crippen LogP contribution in [0.25, 0.3) is 11.0 Å². The summed E-state index contributed by atoms with van der Waals surface area (Å²) >= 11 is 0. The van der Waals surface area contributed by atoms with E-state index >= 15 is 0 Å². The van der Waals surface area contributed by atoms with Crippen molar-refractivity contribution in [2.24, 2.45) is 5.84 Å². The van der Waals surface area contributed by atoms with E-state index in [2.05, 4.69) is 15.6 Å². The molecule has 0 fully saturated rings. The first-order valence-corrected chi connectivity index (χ1v) is 5.59. The predicted molar refractivity (Wildman–Crippen MR) is 67.4 cm³/mol. The summed E-state index contributed by atoms with van der Waals surface area (Å²) in [7, 11) is 0. The minimum atomic E-state index is -0.229. The number of hydrazine groups is 1. The van der Waals surface area contributed by atoms with Crippen LogP contribution in [0.4, 0.5) is 0 Å². The van der Waals surface area contributed by atoms with Crippen LogP contribution in [0.3, 0.4) is 0 Å². The van der Waals surface area contributed by atoms with Gasteiger partial charge >= 0.3 is 0 Å². The topological polar surface area (TPSA) is 77.0 Å². The van der Waals surface area contributed by atoms with Gasteiger partial charge in [0.25, 0.3) is 0 Å². The van der Waals surface area contributed by atoms with E-state index in [4.69, 9.17) is 10.3 Å². The summed E-state index contributed by atoms with van der Waals surface area (Å²) in [5.74, 6) is 6.36. The molecular formula is C13H12N4O. The average Bonchev–Trinajstić information content (AvgIpc) is 2.84. The predicted octanol–water partition coefficient (Wildman–Crippen LogP) is 1.78. The molecule has 0 saturated heterocycles. The van der Waals surface area contributed by atoms with Crippen molar-refractivity contribution < 1.29 is 4.42 Å². The van der Waals surface area contributed by atoms with Gasteiger partial charge in [0.2, 0.25) is 0 Å². The summed E-state index contributed by atoms with van der Waals surface area (Å²) in [5, 5.41) is 8.65. The highest BCUT2D eigenvalue weighted by Gasteiger charge is 2.17. The van der Waals surface area contributed by atoms with E-state index in [0.717, 1.165) is 22.3 Å². The number of furan rings is 1. The number of fused-ring (bicyclic) bond motifs is 1. The quantitative estimate of drug-likeness (QED) is 0.539. The maximum absolute atomic E-state index is 5.78. The molecule has 0 saturated carbocycles. The first-order valence-electron chi connectivity index (χ1n) is 5.59. The lowest BCUT2D eigenvalue weighted by Crippen LogP contribution is -2.28. The van der Waals surface area contributed by atoms with E-state index in [1.165, 1.54) is 0 Å². The number of hydrogen-bond acceptors (Lipinski definition) is 5. The Morgan fingerprint density at radius 1 is 1.17 bits per heavy atom. The summed E-state index contributed by atoms with van der Waals surface area (Å²) in [4.78, 5) is 0. The zero-order chi connectivity index (χ0) is 12.4. The van der Waals surface area contributed by atoms with Gasteiger partial charge in [-0.25, -0.2) is 5.43 Å². The molecule has 0 aliphatic rings. The highest BCUT2D eigenvalue weighted by molar-refractivity contribution is 5.77. The van der Waals surface area contributed by atoms with Gasteiger partial charge in [0.1, 0.15) is 17.4 Å².